The van der Waals surface area contributed by atoms with E-state index in [1.807, 2.05) is 11.3 Å². The van der Waals surface area contributed by atoms with Gasteiger partial charge in [0.05, 0.1) is 5.54 Å². The van der Waals surface area contributed by atoms with Crippen molar-refractivity contribution in [3.05, 3.63) is 21.9 Å². The van der Waals surface area contributed by atoms with E-state index in [0.717, 1.165) is 11.8 Å². The maximum atomic E-state index is 3.88. The van der Waals surface area contributed by atoms with Crippen LogP contribution < -0.4 is 5.32 Å². The van der Waals surface area contributed by atoms with Gasteiger partial charge in [-0.2, -0.15) is 0 Å². The molecule has 1 nitrogen and oxygen atoms in total. The van der Waals surface area contributed by atoms with Gasteiger partial charge >= 0.3 is 0 Å². The predicted octanol–water partition coefficient (Wildman–Crippen LogP) is 2.91. The summed E-state index contributed by atoms with van der Waals surface area (Å²) in [6.07, 6.45) is 7.12. The van der Waals surface area contributed by atoms with Crippen LogP contribution in [0.1, 0.15) is 36.1 Å². The fraction of sp³-hybridized carbons (Fsp3) is 0.692. The van der Waals surface area contributed by atoms with Crippen molar-refractivity contribution < 1.29 is 0 Å². The Morgan fingerprint density at radius 3 is 3.20 bits per heavy atom. The Balaban J connectivity index is 1.85. The van der Waals surface area contributed by atoms with Gasteiger partial charge in [-0.3, -0.25) is 0 Å². The minimum atomic E-state index is 0.421. The number of fused-ring (bicyclic) bond motifs is 5. The molecular weight excluding hydrogens is 202 g/mol. The van der Waals surface area contributed by atoms with Crippen LogP contribution in [0.4, 0.5) is 0 Å². The number of hydrogen-bond acceptors (Lipinski definition) is 2. The lowest BCUT2D eigenvalue weighted by molar-refractivity contribution is 0.205. The first-order chi connectivity index (χ1) is 7.38. The van der Waals surface area contributed by atoms with Crippen molar-refractivity contribution in [1.29, 1.82) is 0 Å². The molecule has 3 atom stereocenters. The van der Waals surface area contributed by atoms with Gasteiger partial charge in [0, 0.05) is 11.4 Å². The molecule has 80 valence electrons. The largest absolute Gasteiger partial charge is 0.306 e. The average molecular weight is 219 g/mol. The summed E-state index contributed by atoms with van der Waals surface area (Å²) in [5.74, 6) is 1.97. The van der Waals surface area contributed by atoms with Gasteiger partial charge in [-0.05, 0) is 54.5 Å². The maximum absolute atomic E-state index is 3.88. The summed E-state index contributed by atoms with van der Waals surface area (Å²) >= 11 is 2.00. The van der Waals surface area contributed by atoms with Crippen molar-refractivity contribution >= 4 is 11.3 Å². The van der Waals surface area contributed by atoms with Crippen molar-refractivity contribution in [1.82, 2.24) is 5.32 Å². The van der Waals surface area contributed by atoms with Crippen LogP contribution in [0.25, 0.3) is 0 Å². The highest BCUT2D eigenvalue weighted by Crippen LogP contribution is 2.57. The third-order valence-corrected chi connectivity index (χ3v) is 5.97. The minimum absolute atomic E-state index is 0.421. The van der Waals surface area contributed by atoms with Gasteiger partial charge in [0.1, 0.15) is 0 Å². The first-order valence-corrected chi connectivity index (χ1v) is 7.08. The summed E-state index contributed by atoms with van der Waals surface area (Å²) < 4.78 is 0. The third-order valence-electron chi connectivity index (χ3n) is 4.84. The lowest BCUT2D eigenvalue weighted by Crippen LogP contribution is -2.50. The highest BCUT2D eigenvalue weighted by Gasteiger charge is 2.53. The van der Waals surface area contributed by atoms with Gasteiger partial charge in [-0.25, -0.2) is 0 Å². The molecule has 0 radical (unpaired) electrons. The molecule has 2 heterocycles. The maximum Gasteiger partial charge on any atom is 0.0562 e. The molecule has 3 unspecified atom stereocenters. The summed E-state index contributed by atoms with van der Waals surface area (Å²) in [5.41, 5.74) is 2.07. The third kappa shape index (κ3) is 1.02. The first-order valence-electron chi connectivity index (χ1n) is 6.20. The molecule has 2 aliphatic carbocycles. The predicted molar refractivity (Wildman–Crippen MR) is 63.2 cm³/mol. The monoisotopic (exact) mass is 219 g/mol. The highest BCUT2D eigenvalue weighted by atomic mass is 32.1. The van der Waals surface area contributed by atoms with Gasteiger partial charge < -0.3 is 5.32 Å². The van der Waals surface area contributed by atoms with Crippen LogP contribution in [0.2, 0.25) is 0 Å². The van der Waals surface area contributed by atoms with Crippen LogP contribution in [-0.2, 0) is 12.0 Å². The lowest BCUT2D eigenvalue weighted by atomic mass is 9.76. The normalized spacial score (nSPS) is 42.4. The van der Waals surface area contributed by atoms with Crippen molar-refractivity contribution in [3.8, 4) is 0 Å². The molecule has 0 aromatic carbocycles. The Hall–Kier alpha value is -0.340. The number of rotatable bonds is 0. The molecule has 1 spiro atoms. The number of thiophene rings is 1. The molecule has 2 fully saturated rings. The van der Waals surface area contributed by atoms with E-state index in [0.29, 0.717) is 5.54 Å². The Bertz CT molecular complexity index is 397. The van der Waals surface area contributed by atoms with Crippen LogP contribution in [0, 0.1) is 11.8 Å². The van der Waals surface area contributed by atoms with Crippen LogP contribution in [0.5, 0.6) is 0 Å². The summed E-state index contributed by atoms with van der Waals surface area (Å²) in [7, 11) is 0. The van der Waals surface area contributed by atoms with Crippen molar-refractivity contribution in [3.63, 3.8) is 0 Å². The molecule has 0 saturated heterocycles. The molecule has 2 heteroatoms. The van der Waals surface area contributed by atoms with Gasteiger partial charge in [0.25, 0.3) is 0 Å². The topological polar surface area (TPSA) is 12.0 Å². The second-order valence-corrected chi connectivity index (χ2v) is 6.42. The van der Waals surface area contributed by atoms with Gasteiger partial charge in [0.15, 0.2) is 0 Å². The van der Waals surface area contributed by atoms with Crippen LogP contribution in [0.3, 0.4) is 0 Å². The van der Waals surface area contributed by atoms with Crippen molar-refractivity contribution in [2.75, 3.05) is 6.54 Å². The van der Waals surface area contributed by atoms with E-state index in [1.165, 1.54) is 38.6 Å². The summed E-state index contributed by atoms with van der Waals surface area (Å²) in [6, 6.07) is 2.36. The quantitative estimate of drug-likeness (QED) is 0.707. The molecule has 1 aromatic rings. The molecule has 4 rings (SSSR count). The second-order valence-electron chi connectivity index (χ2n) is 5.50. The van der Waals surface area contributed by atoms with Crippen LogP contribution in [0.15, 0.2) is 11.4 Å². The molecule has 0 amide bonds. The average Bonchev–Trinajstić information content (AvgIpc) is 2.89. The Kier molecular flexibility index (Phi) is 1.67. The van der Waals surface area contributed by atoms with E-state index < -0.39 is 0 Å². The minimum Gasteiger partial charge on any atom is -0.306 e. The molecule has 3 aliphatic rings. The van der Waals surface area contributed by atoms with E-state index in [4.69, 9.17) is 0 Å². The number of hydrogen-bond donors (Lipinski definition) is 1. The van der Waals surface area contributed by atoms with Crippen LogP contribution in [-0.4, -0.2) is 6.54 Å². The standard InChI is InChI=1S/C13H17NS/c1-2-11-7-9(1)8-13(11)12-10(3-5-14-13)4-6-15-12/h4,6,9,11,14H,1-3,5,7-8H2. The molecule has 1 aromatic heterocycles. The second kappa shape index (κ2) is 2.86. The summed E-state index contributed by atoms with van der Waals surface area (Å²) in [5, 5.41) is 6.18. The molecule has 1 N–H and O–H groups in total. The Morgan fingerprint density at radius 1 is 1.40 bits per heavy atom. The Morgan fingerprint density at radius 2 is 2.40 bits per heavy atom. The van der Waals surface area contributed by atoms with Gasteiger partial charge in [0.2, 0.25) is 0 Å². The highest BCUT2D eigenvalue weighted by molar-refractivity contribution is 7.10. The molecule has 2 saturated carbocycles. The molecule has 15 heavy (non-hydrogen) atoms. The van der Waals surface area contributed by atoms with Crippen LogP contribution >= 0.6 is 11.3 Å². The fourth-order valence-electron chi connectivity index (χ4n) is 4.25. The van der Waals surface area contributed by atoms with Crippen molar-refractivity contribution in [2.45, 2.75) is 37.6 Å². The lowest BCUT2D eigenvalue weighted by Gasteiger charge is -2.42. The molecule has 2 bridgehead atoms. The van der Waals surface area contributed by atoms with Gasteiger partial charge in [-0.1, -0.05) is 6.42 Å². The fourth-order valence-corrected chi connectivity index (χ4v) is 5.47. The first kappa shape index (κ1) is 8.77. The van der Waals surface area contributed by atoms with E-state index >= 15 is 0 Å². The van der Waals surface area contributed by atoms with E-state index in [9.17, 15) is 0 Å². The SMILES string of the molecule is c1cc2c(s1)C1(CC3CCC1C3)NCC2. The zero-order chi connectivity index (χ0) is 9.88. The summed E-state index contributed by atoms with van der Waals surface area (Å²) in [6.45, 7) is 1.20. The zero-order valence-electron chi connectivity index (χ0n) is 8.96. The zero-order valence-corrected chi connectivity index (χ0v) is 9.78. The van der Waals surface area contributed by atoms with Crippen molar-refractivity contribution in [2.24, 2.45) is 11.8 Å². The molecular formula is C13H17NS. The van der Waals surface area contributed by atoms with E-state index in [1.54, 1.807) is 10.4 Å². The number of nitrogens with one attached hydrogen (secondary N) is 1. The Labute approximate surface area is 94.9 Å². The molecule has 1 aliphatic heterocycles. The van der Waals surface area contributed by atoms with Gasteiger partial charge in [-0.15, -0.1) is 11.3 Å². The van der Waals surface area contributed by atoms with E-state index in [2.05, 4.69) is 16.8 Å². The van der Waals surface area contributed by atoms with E-state index in [-0.39, 0.29) is 0 Å². The summed E-state index contributed by atoms with van der Waals surface area (Å²) in [4.78, 5) is 1.70. The smallest absolute Gasteiger partial charge is 0.0562 e.